The zero-order chi connectivity index (χ0) is 23.5. The van der Waals surface area contributed by atoms with Crippen molar-refractivity contribution in [2.75, 3.05) is 18.9 Å². The second-order valence-electron chi connectivity index (χ2n) is 7.87. The van der Waals surface area contributed by atoms with E-state index in [4.69, 9.17) is 15.6 Å². The number of alkyl carbamates (subject to hydrolysis) is 1. The molecule has 2 atom stereocenters. The van der Waals surface area contributed by atoms with Gasteiger partial charge in [0.15, 0.2) is 0 Å². The number of aromatic carboxylic acids is 1. The lowest BCUT2D eigenvalue weighted by Crippen LogP contribution is -2.36. The van der Waals surface area contributed by atoms with Crippen LogP contribution in [0.25, 0.3) is 11.1 Å². The molecule has 8 heteroatoms. The molecule has 33 heavy (non-hydrogen) atoms. The van der Waals surface area contributed by atoms with Crippen LogP contribution in [0.1, 0.15) is 39.1 Å². The lowest BCUT2D eigenvalue weighted by Gasteiger charge is -2.20. The molecule has 0 bridgehead atoms. The Hall–Kier alpha value is -3.88. The number of ether oxygens (including phenoxy) is 1. The molecule has 0 saturated carbocycles. The van der Waals surface area contributed by atoms with Crippen LogP contribution in [0.15, 0.2) is 66.7 Å². The summed E-state index contributed by atoms with van der Waals surface area (Å²) in [7, 11) is 0. The third kappa shape index (κ3) is 4.52. The standard InChI is InChI=1S/C25H24N2O6/c26-21-10-9-14(11-19(21)24(30)31)23(29)22(28)12-27-25(32)33-13-20-17-7-3-1-5-15(17)16-6-2-4-8-18(16)20/h1-11,20,22-23,28-29H,12-13,26H2,(H,27,32)(H,30,31). The number of aliphatic hydroxyl groups is 2. The third-order valence-electron chi connectivity index (χ3n) is 5.81. The maximum Gasteiger partial charge on any atom is 0.407 e. The number of carboxylic acid groups (broad SMARTS) is 1. The van der Waals surface area contributed by atoms with E-state index in [0.717, 1.165) is 22.3 Å². The number of carbonyl (C=O) groups excluding carboxylic acids is 1. The average Bonchev–Trinajstić information content (AvgIpc) is 3.14. The van der Waals surface area contributed by atoms with E-state index in [1.54, 1.807) is 0 Å². The summed E-state index contributed by atoms with van der Waals surface area (Å²) < 4.78 is 5.40. The maximum atomic E-state index is 12.3. The van der Waals surface area contributed by atoms with E-state index in [1.165, 1.54) is 18.2 Å². The number of nitrogen functional groups attached to an aromatic ring is 1. The molecule has 1 aliphatic carbocycles. The van der Waals surface area contributed by atoms with Gasteiger partial charge in [0.05, 0.1) is 5.56 Å². The number of benzene rings is 3. The molecule has 8 nitrogen and oxygen atoms in total. The van der Waals surface area contributed by atoms with Crippen molar-refractivity contribution < 1.29 is 29.6 Å². The third-order valence-corrected chi connectivity index (χ3v) is 5.81. The van der Waals surface area contributed by atoms with Gasteiger partial charge in [0, 0.05) is 18.2 Å². The first kappa shape index (κ1) is 22.3. The van der Waals surface area contributed by atoms with Crippen molar-refractivity contribution in [2.24, 2.45) is 0 Å². The predicted molar refractivity (Wildman–Crippen MR) is 122 cm³/mol. The highest BCUT2D eigenvalue weighted by Gasteiger charge is 2.29. The number of fused-ring (bicyclic) bond motifs is 3. The Morgan fingerprint density at radius 1 is 0.970 bits per heavy atom. The van der Waals surface area contributed by atoms with Crippen molar-refractivity contribution in [1.82, 2.24) is 5.32 Å². The molecule has 170 valence electrons. The van der Waals surface area contributed by atoms with E-state index < -0.39 is 24.3 Å². The lowest BCUT2D eigenvalue weighted by atomic mass is 9.98. The number of hydrogen-bond donors (Lipinski definition) is 5. The first-order valence-corrected chi connectivity index (χ1v) is 10.4. The quantitative estimate of drug-likeness (QED) is 0.350. The van der Waals surface area contributed by atoms with Crippen molar-refractivity contribution in [3.63, 3.8) is 0 Å². The normalized spacial score (nSPS) is 14.1. The molecule has 1 aliphatic rings. The average molecular weight is 448 g/mol. The molecule has 0 spiro atoms. The second-order valence-corrected chi connectivity index (χ2v) is 7.87. The highest BCUT2D eigenvalue weighted by molar-refractivity contribution is 5.93. The van der Waals surface area contributed by atoms with Crippen molar-refractivity contribution >= 4 is 17.7 Å². The van der Waals surface area contributed by atoms with Crippen LogP contribution in [-0.2, 0) is 4.74 Å². The number of nitrogens with one attached hydrogen (secondary N) is 1. The summed E-state index contributed by atoms with van der Waals surface area (Å²) in [5, 5.41) is 32.2. The van der Waals surface area contributed by atoms with E-state index in [1.807, 2.05) is 48.5 Å². The van der Waals surface area contributed by atoms with Crippen LogP contribution in [0.2, 0.25) is 0 Å². The molecule has 1 amide bonds. The van der Waals surface area contributed by atoms with Gasteiger partial charge in [0.2, 0.25) is 0 Å². The molecule has 4 rings (SSSR count). The number of rotatable bonds is 7. The molecule has 0 fully saturated rings. The first-order chi connectivity index (χ1) is 15.9. The van der Waals surface area contributed by atoms with Crippen molar-refractivity contribution in [1.29, 1.82) is 0 Å². The van der Waals surface area contributed by atoms with Gasteiger partial charge in [-0.05, 0) is 39.9 Å². The summed E-state index contributed by atoms with van der Waals surface area (Å²) >= 11 is 0. The van der Waals surface area contributed by atoms with Gasteiger partial charge >= 0.3 is 12.1 Å². The van der Waals surface area contributed by atoms with Gasteiger partial charge in [-0.25, -0.2) is 9.59 Å². The zero-order valence-electron chi connectivity index (χ0n) is 17.6. The summed E-state index contributed by atoms with van der Waals surface area (Å²) in [6.45, 7) is -0.164. The first-order valence-electron chi connectivity index (χ1n) is 10.4. The molecule has 0 aliphatic heterocycles. The summed E-state index contributed by atoms with van der Waals surface area (Å²) in [4.78, 5) is 23.5. The van der Waals surface area contributed by atoms with Gasteiger partial charge in [-0.2, -0.15) is 0 Å². The van der Waals surface area contributed by atoms with Crippen LogP contribution >= 0.6 is 0 Å². The smallest absolute Gasteiger partial charge is 0.407 e. The maximum absolute atomic E-state index is 12.3. The minimum atomic E-state index is -1.42. The summed E-state index contributed by atoms with van der Waals surface area (Å²) in [6.07, 6.45) is -3.53. The minimum absolute atomic E-state index is 0.0460. The number of aliphatic hydroxyl groups excluding tert-OH is 2. The SMILES string of the molecule is Nc1ccc(C(O)C(O)CNC(=O)OCC2c3ccccc3-c3ccccc32)cc1C(=O)O. The van der Waals surface area contributed by atoms with Crippen LogP contribution in [0.4, 0.5) is 10.5 Å². The molecular weight excluding hydrogens is 424 g/mol. The highest BCUT2D eigenvalue weighted by atomic mass is 16.5. The lowest BCUT2D eigenvalue weighted by molar-refractivity contribution is 0.0185. The Labute approximate surface area is 190 Å². The van der Waals surface area contributed by atoms with Gasteiger partial charge in [-0.1, -0.05) is 54.6 Å². The zero-order valence-corrected chi connectivity index (χ0v) is 17.6. The van der Waals surface area contributed by atoms with Crippen LogP contribution in [0.5, 0.6) is 0 Å². The van der Waals surface area contributed by atoms with Gasteiger partial charge in [-0.3, -0.25) is 0 Å². The number of amides is 1. The molecule has 0 saturated heterocycles. The Morgan fingerprint density at radius 2 is 1.58 bits per heavy atom. The Kier molecular flexibility index (Phi) is 6.30. The fourth-order valence-electron chi connectivity index (χ4n) is 4.11. The Balaban J connectivity index is 1.35. The number of carboxylic acids is 1. The molecule has 2 unspecified atom stereocenters. The van der Waals surface area contributed by atoms with E-state index in [9.17, 15) is 19.8 Å². The Morgan fingerprint density at radius 3 is 2.18 bits per heavy atom. The molecule has 6 N–H and O–H groups in total. The minimum Gasteiger partial charge on any atom is -0.478 e. The summed E-state index contributed by atoms with van der Waals surface area (Å²) in [5.74, 6) is -1.34. The van der Waals surface area contributed by atoms with Crippen LogP contribution in [0, 0.1) is 0 Å². The number of hydrogen-bond acceptors (Lipinski definition) is 6. The molecule has 3 aromatic rings. The monoisotopic (exact) mass is 448 g/mol. The topological polar surface area (TPSA) is 142 Å². The molecule has 0 heterocycles. The molecule has 3 aromatic carbocycles. The van der Waals surface area contributed by atoms with E-state index in [-0.39, 0.29) is 35.9 Å². The Bertz CT molecular complexity index is 1150. The fraction of sp³-hybridized carbons (Fsp3) is 0.200. The van der Waals surface area contributed by atoms with Crippen LogP contribution in [0.3, 0.4) is 0 Å². The van der Waals surface area contributed by atoms with Gasteiger partial charge in [0.25, 0.3) is 0 Å². The molecule has 0 aromatic heterocycles. The van der Waals surface area contributed by atoms with Crippen molar-refractivity contribution in [3.05, 3.63) is 89.0 Å². The van der Waals surface area contributed by atoms with Crippen LogP contribution < -0.4 is 11.1 Å². The van der Waals surface area contributed by atoms with E-state index in [2.05, 4.69) is 5.32 Å². The van der Waals surface area contributed by atoms with Gasteiger partial charge < -0.3 is 31.1 Å². The van der Waals surface area contributed by atoms with Gasteiger partial charge in [-0.15, -0.1) is 0 Å². The molecular formula is C25H24N2O6. The van der Waals surface area contributed by atoms with Crippen LogP contribution in [-0.4, -0.2) is 46.6 Å². The second kappa shape index (κ2) is 9.32. The summed E-state index contributed by atoms with van der Waals surface area (Å²) in [5.41, 5.74) is 10.0. The number of carbonyl (C=O) groups is 2. The highest BCUT2D eigenvalue weighted by Crippen LogP contribution is 2.44. The van der Waals surface area contributed by atoms with Gasteiger partial charge in [0.1, 0.15) is 18.8 Å². The van der Waals surface area contributed by atoms with Crippen molar-refractivity contribution in [3.8, 4) is 11.1 Å². The molecule has 0 radical (unpaired) electrons. The van der Waals surface area contributed by atoms with Crippen molar-refractivity contribution in [2.45, 2.75) is 18.1 Å². The van der Waals surface area contributed by atoms with E-state index >= 15 is 0 Å². The fourth-order valence-corrected chi connectivity index (χ4v) is 4.11. The number of anilines is 1. The largest absolute Gasteiger partial charge is 0.478 e. The van der Waals surface area contributed by atoms with E-state index in [0.29, 0.717) is 0 Å². The number of nitrogens with two attached hydrogens (primary N) is 1. The summed E-state index contributed by atoms with van der Waals surface area (Å²) in [6, 6.07) is 19.9. The predicted octanol–water partition coefficient (Wildman–Crippen LogP) is 2.90.